The molecular formula is C7H8O2Te. The van der Waals surface area contributed by atoms with Crippen LogP contribution in [0.3, 0.4) is 0 Å². The molecule has 0 aromatic carbocycles. The predicted octanol–water partition coefficient (Wildman–Crippen LogP) is 0.761. The van der Waals surface area contributed by atoms with E-state index in [4.69, 9.17) is 5.11 Å². The fourth-order valence-electron chi connectivity index (χ4n) is 0.685. The molecule has 1 rings (SSSR count). The number of hydrogen-bond acceptors (Lipinski definition) is 1. The molecule has 0 spiro atoms. The summed E-state index contributed by atoms with van der Waals surface area (Å²) in [5.74, 6) is -0.694. The number of carboxylic acids is 1. The monoisotopic (exact) mass is 254 g/mol. The van der Waals surface area contributed by atoms with Gasteiger partial charge in [0.05, 0.1) is 0 Å². The average Bonchev–Trinajstić information content (AvgIpc) is 2.34. The Balaban J connectivity index is 2.35. The van der Waals surface area contributed by atoms with E-state index in [9.17, 15) is 4.79 Å². The third kappa shape index (κ3) is 2.55. The molecule has 0 aliphatic carbocycles. The van der Waals surface area contributed by atoms with Gasteiger partial charge in [0.2, 0.25) is 0 Å². The third-order valence-electron chi connectivity index (χ3n) is 1.17. The summed E-state index contributed by atoms with van der Waals surface area (Å²) in [6.07, 6.45) is 1.04. The zero-order valence-corrected chi connectivity index (χ0v) is 7.74. The van der Waals surface area contributed by atoms with Gasteiger partial charge < -0.3 is 0 Å². The van der Waals surface area contributed by atoms with Gasteiger partial charge in [0, 0.05) is 0 Å². The van der Waals surface area contributed by atoms with Crippen LogP contribution in [0.5, 0.6) is 0 Å². The topological polar surface area (TPSA) is 37.3 Å². The number of carboxylic acid groups (broad SMARTS) is 1. The van der Waals surface area contributed by atoms with E-state index in [2.05, 4.69) is 4.08 Å². The molecule has 54 valence electrons. The molecule has 1 N–H and O–H groups in total. The Labute approximate surface area is 69.1 Å². The van der Waals surface area contributed by atoms with Crippen LogP contribution in [0, 0.1) is 0 Å². The summed E-state index contributed by atoms with van der Waals surface area (Å²) >= 11 is -0.0977. The first kappa shape index (κ1) is 7.84. The van der Waals surface area contributed by atoms with Gasteiger partial charge in [-0.05, 0) is 0 Å². The molecule has 2 nitrogen and oxygen atoms in total. The van der Waals surface area contributed by atoms with Crippen molar-refractivity contribution in [2.75, 3.05) is 0 Å². The van der Waals surface area contributed by atoms with Crippen molar-refractivity contribution >= 4 is 26.4 Å². The summed E-state index contributed by atoms with van der Waals surface area (Å²) in [4.78, 5) is 10.1. The molecule has 0 atom stereocenters. The van der Waals surface area contributed by atoms with E-state index in [1.165, 1.54) is 3.58 Å². The summed E-state index contributed by atoms with van der Waals surface area (Å²) in [5, 5.41) is 8.34. The summed E-state index contributed by atoms with van der Waals surface area (Å²) in [5.41, 5.74) is 0. The second-order valence-corrected chi connectivity index (χ2v) is 4.92. The van der Waals surface area contributed by atoms with Crippen molar-refractivity contribution in [3.63, 3.8) is 0 Å². The van der Waals surface area contributed by atoms with Gasteiger partial charge in [-0.25, -0.2) is 0 Å². The predicted molar refractivity (Wildman–Crippen MR) is 39.3 cm³/mol. The molecule has 1 heterocycles. The minimum absolute atomic E-state index is 0.0977. The maximum atomic E-state index is 10.1. The maximum absolute atomic E-state index is 10.1. The van der Waals surface area contributed by atoms with Crippen LogP contribution in [-0.4, -0.2) is 31.5 Å². The van der Waals surface area contributed by atoms with Gasteiger partial charge in [-0.1, -0.05) is 0 Å². The fraction of sp³-hybridized carbons (Fsp3) is 0.286. The molecule has 0 unspecified atom stereocenters. The molecule has 3 heteroatoms. The first-order valence-electron chi connectivity index (χ1n) is 3.03. The second kappa shape index (κ2) is 3.80. The molecule has 0 amide bonds. The van der Waals surface area contributed by atoms with E-state index >= 15 is 0 Å². The van der Waals surface area contributed by atoms with Crippen LogP contribution in [0.25, 0.3) is 0 Å². The summed E-state index contributed by atoms with van der Waals surface area (Å²) < 4.78 is 3.52. The Kier molecular flexibility index (Phi) is 2.98. The zero-order valence-electron chi connectivity index (χ0n) is 5.41. The van der Waals surface area contributed by atoms with E-state index in [1.807, 2.05) is 12.1 Å². The van der Waals surface area contributed by atoms with Gasteiger partial charge in [0.1, 0.15) is 0 Å². The summed E-state index contributed by atoms with van der Waals surface area (Å²) in [7, 11) is 0. The molecular weight excluding hydrogens is 244 g/mol. The SMILES string of the molecule is O=C(O)CCc1ccc[te]1. The van der Waals surface area contributed by atoms with Gasteiger partial charge in [-0.15, -0.1) is 0 Å². The van der Waals surface area contributed by atoms with Crippen molar-refractivity contribution in [1.82, 2.24) is 0 Å². The van der Waals surface area contributed by atoms with Gasteiger partial charge in [0.25, 0.3) is 0 Å². The van der Waals surface area contributed by atoms with Crippen molar-refractivity contribution in [2.45, 2.75) is 12.8 Å². The van der Waals surface area contributed by atoms with Crippen molar-refractivity contribution in [1.29, 1.82) is 0 Å². The normalized spacial score (nSPS) is 9.60. The van der Waals surface area contributed by atoms with Gasteiger partial charge in [-0.2, -0.15) is 0 Å². The van der Waals surface area contributed by atoms with Gasteiger partial charge >= 0.3 is 68.9 Å². The van der Waals surface area contributed by atoms with E-state index in [0.717, 1.165) is 6.42 Å². The third-order valence-corrected chi connectivity index (χ3v) is 3.84. The second-order valence-electron chi connectivity index (χ2n) is 1.97. The van der Waals surface area contributed by atoms with Gasteiger partial charge in [0.15, 0.2) is 0 Å². The van der Waals surface area contributed by atoms with Crippen molar-refractivity contribution in [3.8, 4) is 0 Å². The van der Waals surface area contributed by atoms with Crippen LogP contribution in [0.4, 0.5) is 0 Å². The van der Waals surface area contributed by atoms with E-state index in [1.54, 1.807) is 0 Å². The van der Waals surface area contributed by atoms with Crippen molar-refractivity contribution < 1.29 is 9.90 Å². The van der Waals surface area contributed by atoms with E-state index in [-0.39, 0.29) is 26.9 Å². The Morgan fingerprint density at radius 1 is 1.70 bits per heavy atom. The van der Waals surface area contributed by atoms with Crippen LogP contribution < -0.4 is 0 Å². The molecule has 0 saturated heterocycles. The molecule has 1 aromatic rings. The minimum atomic E-state index is -0.694. The van der Waals surface area contributed by atoms with E-state index in [0.29, 0.717) is 0 Å². The van der Waals surface area contributed by atoms with Crippen molar-refractivity contribution in [3.05, 3.63) is 19.8 Å². The van der Waals surface area contributed by atoms with Crippen LogP contribution in [0.1, 0.15) is 10.0 Å². The average molecular weight is 252 g/mol. The van der Waals surface area contributed by atoms with Crippen LogP contribution >= 0.6 is 0 Å². The Bertz CT molecular complexity index is 203. The zero-order chi connectivity index (χ0) is 7.40. The molecule has 0 radical (unpaired) electrons. The van der Waals surface area contributed by atoms with Crippen LogP contribution in [-0.2, 0) is 11.2 Å². The molecule has 0 fully saturated rings. The molecule has 0 saturated carbocycles. The van der Waals surface area contributed by atoms with Crippen LogP contribution in [0.2, 0.25) is 0 Å². The molecule has 10 heavy (non-hydrogen) atoms. The quantitative estimate of drug-likeness (QED) is 0.806. The number of aliphatic carboxylic acids is 1. The molecule has 0 aliphatic heterocycles. The Morgan fingerprint density at radius 3 is 3.00 bits per heavy atom. The first-order chi connectivity index (χ1) is 4.79. The standard InChI is InChI=1S/C7H8O2Te/c8-7(9)4-3-6-2-1-5-10-6/h1-2,5H,3-4H2,(H,8,9). The fourth-order valence-corrected chi connectivity index (χ4v) is 2.71. The Morgan fingerprint density at radius 2 is 2.50 bits per heavy atom. The Hall–Kier alpha value is -0.260. The number of hydrogen-bond donors (Lipinski definition) is 1. The molecule has 1 aromatic heterocycles. The number of aryl methyl sites for hydroxylation is 1. The number of rotatable bonds is 3. The molecule has 0 bridgehead atoms. The first-order valence-corrected chi connectivity index (χ1v) is 5.54. The van der Waals surface area contributed by atoms with Crippen LogP contribution in [0.15, 0.2) is 16.2 Å². The van der Waals surface area contributed by atoms with E-state index < -0.39 is 5.97 Å². The molecule has 0 aliphatic rings. The van der Waals surface area contributed by atoms with Crippen molar-refractivity contribution in [2.24, 2.45) is 0 Å². The van der Waals surface area contributed by atoms with Gasteiger partial charge in [-0.3, -0.25) is 0 Å². The number of carbonyl (C=O) groups is 1. The summed E-state index contributed by atoms with van der Waals surface area (Å²) in [6, 6.07) is 4.07. The summed E-state index contributed by atoms with van der Waals surface area (Å²) in [6.45, 7) is 0.